The van der Waals surface area contributed by atoms with Crippen molar-refractivity contribution in [3.05, 3.63) is 119 Å². The van der Waals surface area contributed by atoms with Crippen LogP contribution in [-0.2, 0) is 20.3 Å². The van der Waals surface area contributed by atoms with Crippen LogP contribution >= 0.6 is 0 Å². The summed E-state index contributed by atoms with van der Waals surface area (Å²) in [5.74, 6) is 0. The Kier molecular flexibility index (Phi) is 8.86. The summed E-state index contributed by atoms with van der Waals surface area (Å²) >= 11 is -3.52. The molecule has 0 aromatic heterocycles. The number of hydrogen-bond donors (Lipinski definition) is 0. The Morgan fingerprint density at radius 1 is 0.629 bits per heavy atom. The zero-order chi connectivity index (χ0) is 23.0. The van der Waals surface area contributed by atoms with Crippen LogP contribution in [0.15, 0.2) is 114 Å². The topological polar surface area (TPSA) is 9.23 Å². The fourth-order valence-electron chi connectivity index (χ4n) is 5.42. The summed E-state index contributed by atoms with van der Waals surface area (Å²) < 4.78 is 10.9. The monoisotopic (exact) mass is 536 g/mol. The Labute approximate surface area is 225 Å². The normalized spacial score (nSPS) is 13.1. The summed E-state index contributed by atoms with van der Waals surface area (Å²) in [7, 11) is 1.93. The number of halogens is 2. The molecule has 0 aliphatic heterocycles. The summed E-state index contributed by atoms with van der Waals surface area (Å²) in [6, 6.07) is 35.3. The Bertz CT molecular complexity index is 1350. The molecular weight excluding hydrogens is 507 g/mol. The third kappa shape index (κ3) is 4.57. The molecule has 0 fully saturated rings. The second-order valence-corrected chi connectivity index (χ2v) is 14.4. The molecule has 4 heteroatoms. The van der Waals surface area contributed by atoms with Crippen molar-refractivity contribution >= 4 is 28.0 Å². The molecule has 178 valence electrons. The van der Waals surface area contributed by atoms with E-state index in [1.54, 1.807) is 0 Å². The number of fused-ring (bicyclic) bond motifs is 1. The van der Waals surface area contributed by atoms with Gasteiger partial charge >= 0.3 is 202 Å². The van der Waals surface area contributed by atoms with E-state index in [9.17, 15) is 0 Å². The van der Waals surface area contributed by atoms with Gasteiger partial charge in [-0.15, -0.1) is 0 Å². The SMILES string of the molecule is C[O][Ti+2]([c]1ccccc1)([c]1ccccc1)[c]1c(C2=C(C)C(C)=C(C)C2)ccc2ccccc12.[Cl-].[Cl-]. The van der Waals surface area contributed by atoms with Crippen molar-refractivity contribution in [1.29, 1.82) is 0 Å². The molecule has 35 heavy (non-hydrogen) atoms. The zero-order valence-electron chi connectivity index (χ0n) is 20.6. The van der Waals surface area contributed by atoms with Crippen LogP contribution in [0.5, 0.6) is 0 Å². The molecule has 0 heterocycles. The van der Waals surface area contributed by atoms with Gasteiger partial charge in [-0.1, -0.05) is 0 Å². The molecule has 0 bridgehead atoms. The van der Waals surface area contributed by atoms with Crippen molar-refractivity contribution in [2.45, 2.75) is 27.2 Å². The molecule has 1 nitrogen and oxygen atoms in total. The third-order valence-electron chi connectivity index (χ3n) is 7.37. The van der Waals surface area contributed by atoms with Crippen LogP contribution in [0.1, 0.15) is 32.8 Å². The maximum absolute atomic E-state index is 6.84. The zero-order valence-corrected chi connectivity index (χ0v) is 23.7. The smallest absolute Gasteiger partial charge is 1.00 e. The van der Waals surface area contributed by atoms with Gasteiger partial charge in [-0.25, -0.2) is 0 Å². The molecule has 0 saturated heterocycles. The van der Waals surface area contributed by atoms with Crippen molar-refractivity contribution in [2.75, 3.05) is 7.11 Å². The molecule has 5 rings (SSSR count). The second kappa shape index (κ2) is 11.3. The van der Waals surface area contributed by atoms with Crippen molar-refractivity contribution in [3.8, 4) is 0 Å². The van der Waals surface area contributed by atoms with Crippen LogP contribution < -0.4 is 36.4 Å². The van der Waals surface area contributed by atoms with Gasteiger partial charge < -0.3 is 24.8 Å². The van der Waals surface area contributed by atoms with Crippen LogP contribution in [0.3, 0.4) is 0 Å². The molecule has 0 unspecified atom stereocenters. The third-order valence-corrected chi connectivity index (χ3v) is 13.8. The summed E-state index contributed by atoms with van der Waals surface area (Å²) in [5, 5.41) is 2.58. The fourth-order valence-corrected chi connectivity index (χ4v) is 11.9. The van der Waals surface area contributed by atoms with E-state index in [1.165, 1.54) is 50.2 Å². The molecule has 0 spiro atoms. The summed E-state index contributed by atoms with van der Waals surface area (Å²) in [5.41, 5.74) is 7.12. The molecule has 1 aliphatic rings. The van der Waals surface area contributed by atoms with E-state index in [0.717, 1.165) is 6.42 Å². The molecular formula is C31H30Cl2OTi. The standard InChI is InChI=1S/C18H17.2C6H5.CH3O.2ClH.Ti/c1-12-10-18(14(3)13(12)2)17-9-8-15-6-4-5-7-16(15)11-17;2*1-2-4-6-5-3-1;1-2;;;/h4-9H,10H2,1-3H3;2*1-5H;1H3;2*1H;/q;;;-1;;;+3/p-2. The van der Waals surface area contributed by atoms with Gasteiger partial charge in [0.25, 0.3) is 0 Å². The summed E-state index contributed by atoms with van der Waals surface area (Å²) in [6.45, 7) is 6.82. The van der Waals surface area contributed by atoms with E-state index in [-0.39, 0.29) is 24.8 Å². The molecule has 0 saturated carbocycles. The first-order valence-electron chi connectivity index (χ1n) is 11.6. The van der Waals surface area contributed by atoms with Gasteiger partial charge in [-0.3, -0.25) is 0 Å². The Morgan fingerprint density at radius 2 is 1.17 bits per heavy atom. The first-order valence-corrected chi connectivity index (χ1v) is 14.6. The molecule has 1 aliphatic carbocycles. The number of benzene rings is 4. The minimum absolute atomic E-state index is 0. The average molecular weight is 537 g/mol. The van der Waals surface area contributed by atoms with Gasteiger partial charge in [0.1, 0.15) is 0 Å². The van der Waals surface area contributed by atoms with Crippen LogP contribution in [-0.4, -0.2) is 7.11 Å². The number of rotatable bonds is 5. The van der Waals surface area contributed by atoms with Gasteiger partial charge in [0, 0.05) is 0 Å². The Balaban J connectivity index is 0.00000171. The fraction of sp³-hybridized carbons (Fsp3) is 0.161. The van der Waals surface area contributed by atoms with Gasteiger partial charge in [0.15, 0.2) is 0 Å². The second-order valence-electron chi connectivity index (χ2n) is 9.01. The van der Waals surface area contributed by atoms with Gasteiger partial charge in [-0.2, -0.15) is 0 Å². The summed E-state index contributed by atoms with van der Waals surface area (Å²) in [4.78, 5) is 0. The molecule has 4 aromatic carbocycles. The van der Waals surface area contributed by atoms with Crippen molar-refractivity contribution in [1.82, 2.24) is 0 Å². The Hall–Kier alpha value is -2.13. The van der Waals surface area contributed by atoms with E-state index in [2.05, 4.69) is 118 Å². The van der Waals surface area contributed by atoms with E-state index in [0.29, 0.717) is 0 Å². The van der Waals surface area contributed by atoms with E-state index in [1.807, 2.05) is 7.11 Å². The molecule has 4 aromatic rings. The summed E-state index contributed by atoms with van der Waals surface area (Å²) in [6.07, 6.45) is 1.01. The quantitative estimate of drug-likeness (QED) is 0.335. The van der Waals surface area contributed by atoms with Crippen molar-refractivity contribution in [2.24, 2.45) is 0 Å². The number of hydrogen-bond acceptors (Lipinski definition) is 1. The van der Waals surface area contributed by atoms with E-state index < -0.39 is 17.0 Å². The average Bonchev–Trinajstić information content (AvgIpc) is 3.13. The van der Waals surface area contributed by atoms with Crippen LogP contribution in [0.2, 0.25) is 0 Å². The molecule has 0 atom stereocenters. The van der Waals surface area contributed by atoms with Gasteiger partial charge in [-0.05, 0) is 0 Å². The molecule has 0 amide bonds. The van der Waals surface area contributed by atoms with E-state index >= 15 is 0 Å². The maximum Gasteiger partial charge on any atom is -1.00 e. The predicted octanol–water partition coefficient (Wildman–Crippen LogP) is 0.353. The largest absolute Gasteiger partial charge is 1.00 e. The van der Waals surface area contributed by atoms with Crippen molar-refractivity contribution in [3.63, 3.8) is 0 Å². The van der Waals surface area contributed by atoms with Crippen molar-refractivity contribution < 1.29 is 45.1 Å². The minimum Gasteiger partial charge on any atom is -1.00 e. The molecule has 0 N–H and O–H groups in total. The first kappa shape index (κ1) is 27.5. The predicted molar refractivity (Wildman–Crippen MR) is 138 cm³/mol. The molecule has 0 radical (unpaired) electrons. The first-order chi connectivity index (χ1) is 16.1. The van der Waals surface area contributed by atoms with Gasteiger partial charge in [0.2, 0.25) is 0 Å². The maximum atomic E-state index is 6.84. The minimum atomic E-state index is -3.52. The van der Waals surface area contributed by atoms with Crippen LogP contribution in [0.25, 0.3) is 16.3 Å². The van der Waals surface area contributed by atoms with E-state index in [4.69, 9.17) is 3.32 Å². The van der Waals surface area contributed by atoms with Crippen LogP contribution in [0, 0.1) is 0 Å². The van der Waals surface area contributed by atoms with Gasteiger partial charge in [0.05, 0.1) is 0 Å². The number of allylic oxidation sites excluding steroid dienone is 4. The Morgan fingerprint density at radius 3 is 1.69 bits per heavy atom. The van der Waals surface area contributed by atoms with Crippen LogP contribution in [0.4, 0.5) is 0 Å².